The Labute approximate surface area is 142 Å². The lowest BCUT2D eigenvalue weighted by Crippen LogP contribution is -2.19. The van der Waals surface area contributed by atoms with E-state index in [1.807, 2.05) is 12.3 Å². The first-order valence-corrected chi connectivity index (χ1v) is 8.40. The number of hydrogen-bond donors (Lipinski definition) is 0. The molecule has 0 bridgehead atoms. The lowest BCUT2D eigenvalue weighted by atomic mass is 9.80. The van der Waals surface area contributed by atoms with Crippen LogP contribution in [0.4, 0.5) is 4.39 Å². The molecule has 0 unspecified atom stereocenters. The van der Waals surface area contributed by atoms with Crippen molar-refractivity contribution >= 4 is 0 Å². The first kappa shape index (κ1) is 16.4. The number of halogens is 1. The molecule has 0 atom stereocenters. The van der Waals surface area contributed by atoms with Gasteiger partial charge in [-0.15, -0.1) is 0 Å². The van der Waals surface area contributed by atoms with Gasteiger partial charge in [0, 0.05) is 23.9 Å². The second-order valence-electron chi connectivity index (χ2n) is 6.54. The zero-order valence-corrected chi connectivity index (χ0v) is 13.8. The predicted octanol–water partition coefficient (Wildman–Crippen LogP) is 4.75. The molecule has 124 valence electrons. The van der Waals surface area contributed by atoms with E-state index in [9.17, 15) is 4.39 Å². The second kappa shape index (κ2) is 7.44. The van der Waals surface area contributed by atoms with Crippen molar-refractivity contribution in [2.75, 3.05) is 6.61 Å². The molecular formula is C20H21FN2O. The van der Waals surface area contributed by atoms with Gasteiger partial charge in [-0.3, -0.25) is 4.98 Å². The van der Waals surface area contributed by atoms with Gasteiger partial charge in [-0.05, 0) is 62.3 Å². The maximum atomic E-state index is 13.6. The fourth-order valence-corrected chi connectivity index (χ4v) is 3.24. The molecule has 1 aliphatic rings. The Balaban J connectivity index is 1.50. The summed E-state index contributed by atoms with van der Waals surface area (Å²) in [6.45, 7) is 2.65. The van der Waals surface area contributed by atoms with Crippen molar-refractivity contribution in [1.82, 2.24) is 4.98 Å². The standard InChI is InChI=1S/C20H21FN2O/c1-14-2-9-20(23-12-14)16-5-3-15(4-6-16)13-24-18-8-7-17(11-22)19(21)10-18/h2,7-10,12,15-16H,3-6,13H2,1H3. The van der Waals surface area contributed by atoms with Gasteiger partial charge in [0.05, 0.1) is 12.2 Å². The van der Waals surface area contributed by atoms with E-state index in [4.69, 9.17) is 10.00 Å². The molecule has 24 heavy (non-hydrogen) atoms. The molecule has 0 aliphatic heterocycles. The van der Waals surface area contributed by atoms with Crippen molar-refractivity contribution in [3.05, 3.63) is 59.2 Å². The molecule has 0 amide bonds. The monoisotopic (exact) mass is 324 g/mol. The summed E-state index contributed by atoms with van der Waals surface area (Å²) in [5, 5.41) is 8.74. The normalized spacial score (nSPS) is 20.4. The van der Waals surface area contributed by atoms with Crippen LogP contribution in [0.25, 0.3) is 0 Å². The van der Waals surface area contributed by atoms with Gasteiger partial charge in [0.25, 0.3) is 0 Å². The maximum absolute atomic E-state index is 13.6. The number of aryl methyl sites for hydroxylation is 1. The van der Waals surface area contributed by atoms with Gasteiger partial charge in [-0.1, -0.05) is 6.07 Å². The summed E-state index contributed by atoms with van der Waals surface area (Å²) in [5.41, 5.74) is 2.43. The topological polar surface area (TPSA) is 45.9 Å². The molecule has 1 fully saturated rings. The highest BCUT2D eigenvalue weighted by Crippen LogP contribution is 2.35. The highest BCUT2D eigenvalue weighted by Gasteiger charge is 2.23. The van der Waals surface area contributed by atoms with Gasteiger partial charge in [-0.2, -0.15) is 5.26 Å². The molecule has 1 aromatic carbocycles. The van der Waals surface area contributed by atoms with Crippen molar-refractivity contribution in [3.63, 3.8) is 0 Å². The van der Waals surface area contributed by atoms with Gasteiger partial charge in [0.15, 0.2) is 0 Å². The van der Waals surface area contributed by atoms with Gasteiger partial charge >= 0.3 is 0 Å². The average Bonchev–Trinajstić information content (AvgIpc) is 2.61. The number of nitrogens with zero attached hydrogens (tertiary/aromatic N) is 2. The number of nitriles is 1. The number of ether oxygens (including phenoxy) is 1. The lowest BCUT2D eigenvalue weighted by Gasteiger charge is -2.28. The Morgan fingerprint density at radius 1 is 1.21 bits per heavy atom. The SMILES string of the molecule is Cc1ccc(C2CCC(COc3ccc(C#N)c(F)c3)CC2)nc1. The van der Waals surface area contributed by atoms with Crippen LogP contribution >= 0.6 is 0 Å². The minimum Gasteiger partial charge on any atom is -0.493 e. The molecule has 1 saturated carbocycles. The third-order valence-corrected chi connectivity index (χ3v) is 4.75. The zero-order chi connectivity index (χ0) is 16.9. The van der Waals surface area contributed by atoms with Gasteiger partial charge in [0.1, 0.15) is 17.6 Å². The Morgan fingerprint density at radius 2 is 2.00 bits per heavy atom. The van der Waals surface area contributed by atoms with Crippen LogP contribution in [-0.2, 0) is 0 Å². The van der Waals surface area contributed by atoms with Gasteiger partial charge < -0.3 is 4.74 Å². The molecule has 0 N–H and O–H groups in total. The molecule has 0 saturated heterocycles. The Kier molecular flexibility index (Phi) is 5.10. The number of rotatable bonds is 4. The summed E-state index contributed by atoms with van der Waals surface area (Å²) in [6.07, 6.45) is 6.36. The summed E-state index contributed by atoms with van der Waals surface area (Å²) in [6, 6.07) is 10.5. The molecule has 3 nitrogen and oxygen atoms in total. The fraction of sp³-hybridized carbons (Fsp3) is 0.400. The number of benzene rings is 1. The van der Waals surface area contributed by atoms with E-state index in [1.54, 1.807) is 6.07 Å². The third-order valence-electron chi connectivity index (χ3n) is 4.75. The van der Waals surface area contributed by atoms with E-state index in [1.165, 1.54) is 23.4 Å². The minimum absolute atomic E-state index is 0.0495. The van der Waals surface area contributed by atoms with Gasteiger partial charge in [-0.25, -0.2) is 4.39 Å². The fourth-order valence-electron chi connectivity index (χ4n) is 3.24. The largest absolute Gasteiger partial charge is 0.493 e. The summed E-state index contributed by atoms with van der Waals surface area (Å²) < 4.78 is 19.3. The van der Waals surface area contributed by atoms with E-state index >= 15 is 0 Å². The smallest absolute Gasteiger partial charge is 0.144 e. The Bertz CT molecular complexity index is 728. The number of aromatic nitrogens is 1. The van der Waals surface area contributed by atoms with Crippen LogP contribution in [0.2, 0.25) is 0 Å². The molecule has 3 rings (SSSR count). The van der Waals surface area contributed by atoms with Crippen molar-refractivity contribution in [1.29, 1.82) is 5.26 Å². The highest BCUT2D eigenvalue weighted by atomic mass is 19.1. The molecule has 2 aromatic rings. The Morgan fingerprint density at radius 3 is 2.62 bits per heavy atom. The van der Waals surface area contributed by atoms with Crippen LogP contribution in [-0.4, -0.2) is 11.6 Å². The molecule has 1 heterocycles. The van der Waals surface area contributed by atoms with Crippen molar-refractivity contribution in [2.45, 2.75) is 38.5 Å². The van der Waals surface area contributed by atoms with Crippen LogP contribution in [0, 0.1) is 30.0 Å². The molecule has 0 radical (unpaired) electrons. The quantitative estimate of drug-likeness (QED) is 0.815. The van der Waals surface area contributed by atoms with Crippen LogP contribution in [0.5, 0.6) is 5.75 Å². The van der Waals surface area contributed by atoms with E-state index in [0.29, 0.717) is 24.2 Å². The number of hydrogen-bond acceptors (Lipinski definition) is 3. The van der Waals surface area contributed by atoms with Crippen LogP contribution < -0.4 is 4.74 Å². The number of pyridine rings is 1. The van der Waals surface area contributed by atoms with Crippen LogP contribution in [0.1, 0.15) is 48.4 Å². The van der Waals surface area contributed by atoms with Crippen molar-refractivity contribution in [3.8, 4) is 11.8 Å². The lowest BCUT2D eigenvalue weighted by molar-refractivity contribution is 0.198. The molecule has 0 spiro atoms. The van der Waals surface area contributed by atoms with E-state index in [-0.39, 0.29) is 5.56 Å². The first-order valence-electron chi connectivity index (χ1n) is 8.40. The summed E-state index contributed by atoms with van der Waals surface area (Å²) in [5.74, 6) is 0.998. The van der Waals surface area contributed by atoms with Gasteiger partial charge in [0.2, 0.25) is 0 Å². The molecule has 1 aliphatic carbocycles. The predicted molar refractivity (Wildman–Crippen MR) is 90.3 cm³/mol. The first-order chi connectivity index (χ1) is 11.7. The van der Waals surface area contributed by atoms with Crippen molar-refractivity contribution in [2.24, 2.45) is 5.92 Å². The highest BCUT2D eigenvalue weighted by molar-refractivity contribution is 5.36. The van der Waals surface area contributed by atoms with Crippen molar-refractivity contribution < 1.29 is 9.13 Å². The van der Waals surface area contributed by atoms with Crippen LogP contribution in [0.15, 0.2) is 36.5 Å². The maximum Gasteiger partial charge on any atom is 0.144 e. The van der Waals surface area contributed by atoms with E-state index in [0.717, 1.165) is 25.7 Å². The summed E-state index contributed by atoms with van der Waals surface area (Å²) in [7, 11) is 0. The molecule has 1 aromatic heterocycles. The van der Waals surface area contributed by atoms with E-state index < -0.39 is 5.82 Å². The average molecular weight is 324 g/mol. The Hall–Kier alpha value is -2.41. The van der Waals surface area contributed by atoms with E-state index in [2.05, 4.69) is 24.0 Å². The second-order valence-corrected chi connectivity index (χ2v) is 6.54. The van der Waals surface area contributed by atoms with Crippen LogP contribution in [0.3, 0.4) is 0 Å². The summed E-state index contributed by atoms with van der Waals surface area (Å²) >= 11 is 0. The minimum atomic E-state index is -0.524. The molecular weight excluding hydrogens is 303 g/mol. The zero-order valence-electron chi connectivity index (χ0n) is 13.8. The third kappa shape index (κ3) is 3.91. The summed E-state index contributed by atoms with van der Waals surface area (Å²) in [4.78, 5) is 4.55. The molecule has 4 heteroatoms.